The van der Waals surface area contributed by atoms with Gasteiger partial charge in [0, 0.05) is 6.54 Å². The van der Waals surface area contributed by atoms with E-state index in [1.54, 1.807) is 0 Å². The van der Waals surface area contributed by atoms with E-state index >= 15 is 0 Å². The van der Waals surface area contributed by atoms with E-state index in [9.17, 15) is 0 Å². The van der Waals surface area contributed by atoms with Gasteiger partial charge in [-0.25, -0.2) is 0 Å². The van der Waals surface area contributed by atoms with Crippen LogP contribution in [0.1, 0.15) is 18.2 Å². The molecule has 1 aliphatic heterocycles. The smallest absolute Gasteiger partial charge is 0.0953 e. The second kappa shape index (κ2) is 3.33. The lowest BCUT2D eigenvalue weighted by Gasteiger charge is -2.26. The molecule has 1 aromatic rings. The third-order valence-corrected chi connectivity index (χ3v) is 2.62. The van der Waals surface area contributed by atoms with Gasteiger partial charge in [0.05, 0.1) is 29.7 Å². The van der Waals surface area contributed by atoms with E-state index in [1.165, 1.54) is 11.7 Å². The second-order valence-corrected chi connectivity index (χ2v) is 3.53. The summed E-state index contributed by atoms with van der Waals surface area (Å²) in [4.78, 5) is 2.29. The number of rotatable bonds is 1. The molecule has 0 bridgehead atoms. The van der Waals surface area contributed by atoms with E-state index in [4.69, 9.17) is 0 Å². The number of hydrogen-bond donors (Lipinski definition) is 0. The summed E-state index contributed by atoms with van der Waals surface area (Å²) in [7, 11) is 2.12. The molecule has 0 fully saturated rings. The van der Waals surface area contributed by atoms with E-state index in [-0.39, 0.29) is 0 Å². The van der Waals surface area contributed by atoms with E-state index < -0.39 is 0 Å². The first-order chi connectivity index (χ1) is 5.88. The average Bonchev–Trinajstić information content (AvgIpc) is 2.57. The molecular formula is C8H11N3S. The van der Waals surface area contributed by atoms with Crippen molar-refractivity contribution in [3.05, 3.63) is 24.0 Å². The van der Waals surface area contributed by atoms with Gasteiger partial charge in [-0.05, 0) is 13.5 Å². The maximum absolute atomic E-state index is 4.23. The molecule has 1 aliphatic rings. The largest absolute Gasteiger partial charge is 0.294 e. The third kappa shape index (κ3) is 1.40. The Labute approximate surface area is 76.0 Å². The Kier molecular flexibility index (Phi) is 2.19. The van der Waals surface area contributed by atoms with Crippen LogP contribution < -0.4 is 0 Å². The molecule has 0 aliphatic carbocycles. The van der Waals surface area contributed by atoms with Crippen molar-refractivity contribution in [1.29, 1.82) is 0 Å². The molecule has 1 aromatic heterocycles. The molecule has 0 aromatic carbocycles. The van der Waals surface area contributed by atoms with E-state index in [1.807, 2.05) is 6.20 Å². The van der Waals surface area contributed by atoms with Crippen LogP contribution in [0.5, 0.6) is 0 Å². The molecule has 0 amide bonds. The molecule has 0 radical (unpaired) electrons. The zero-order chi connectivity index (χ0) is 8.39. The lowest BCUT2D eigenvalue weighted by atomic mass is 10.1. The van der Waals surface area contributed by atoms with Gasteiger partial charge in [-0.2, -0.15) is 8.75 Å². The molecule has 0 spiro atoms. The van der Waals surface area contributed by atoms with Crippen LogP contribution in [0.3, 0.4) is 0 Å². The molecule has 0 saturated carbocycles. The Morgan fingerprint density at radius 3 is 3.25 bits per heavy atom. The summed E-state index contributed by atoms with van der Waals surface area (Å²) in [5.74, 6) is 0. The molecule has 0 saturated heterocycles. The Morgan fingerprint density at radius 1 is 1.67 bits per heavy atom. The molecule has 64 valence electrons. The van der Waals surface area contributed by atoms with Crippen LogP contribution in [-0.4, -0.2) is 27.2 Å². The molecular weight excluding hydrogens is 170 g/mol. The maximum Gasteiger partial charge on any atom is 0.0953 e. The highest BCUT2D eigenvalue weighted by Crippen LogP contribution is 2.22. The fourth-order valence-corrected chi connectivity index (χ4v) is 1.87. The first-order valence-corrected chi connectivity index (χ1v) is 4.75. The van der Waals surface area contributed by atoms with Crippen LogP contribution in [-0.2, 0) is 0 Å². The zero-order valence-corrected chi connectivity index (χ0v) is 7.79. The first-order valence-electron chi connectivity index (χ1n) is 4.02. The molecule has 2 heterocycles. The summed E-state index contributed by atoms with van der Waals surface area (Å²) in [6.07, 6.45) is 7.40. The number of nitrogens with zero attached hydrogens (tertiary/aromatic N) is 3. The fourth-order valence-electron chi connectivity index (χ4n) is 1.42. The highest BCUT2D eigenvalue weighted by Gasteiger charge is 2.18. The summed E-state index contributed by atoms with van der Waals surface area (Å²) in [5.41, 5.74) is 1.07. The number of hydrogen-bond acceptors (Lipinski definition) is 4. The van der Waals surface area contributed by atoms with Gasteiger partial charge in [0.1, 0.15) is 0 Å². The van der Waals surface area contributed by atoms with Gasteiger partial charge in [-0.15, -0.1) is 0 Å². The van der Waals surface area contributed by atoms with Crippen LogP contribution in [0.2, 0.25) is 0 Å². The molecule has 4 heteroatoms. The molecule has 0 N–H and O–H groups in total. The minimum atomic E-state index is 0.345. The Hall–Kier alpha value is -0.740. The fraction of sp³-hybridized carbons (Fsp3) is 0.500. The number of likely N-dealkylation sites (N-methyl/N-ethyl adjacent to an activating group) is 1. The van der Waals surface area contributed by atoms with Gasteiger partial charge in [-0.3, -0.25) is 4.90 Å². The van der Waals surface area contributed by atoms with E-state index in [0.717, 1.165) is 18.7 Å². The normalized spacial score (nSPS) is 24.6. The SMILES string of the molecule is CN1CCC=CC1c1cnsn1. The lowest BCUT2D eigenvalue weighted by Crippen LogP contribution is -2.26. The highest BCUT2D eigenvalue weighted by molar-refractivity contribution is 6.99. The van der Waals surface area contributed by atoms with Crippen molar-refractivity contribution in [3.63, 3.8) is 0 Å². The van der Waals surface area contributed by atoms with Crippen molar-refractivity contribution in [3.8, 4) is 0 Å². The molecule has 1 atom stereocenters. The average molecular weight is 181 g/mol. The van der Waals surface area contributed by atoms with Crippen molar-refractivity contribution < 1.29 is 0 Å². The quantitative estimate of drug-likeness (QED) is 0.614. The van der Waals surface area contributed by atoms with Crippen LogP contribution in [0, 0.1) is 0 Å². The standard InChI is InChI=1S/C8H11N3S/c1-11-5-3-2-4-8(11)7-6-9-12-10-7/h2,4,6,8H,3,5H2,1H3. The maximum atomic E-state index is 4.23. The molecule has 2 rings (SSSR count). The van der Waals surface area contributed by atoms with Gasteiger partial charge in [-0.1, -0.05) is 12.2 Å². The molecule has 3 nitrogen and oxygen atoms in total. The van der Waals surface area contributed by atoms with Gasteiger partial charge in [0.25, 0.3) is 0 Å². The van der Waals surface area contributed by atoms with E-state index in [2.05, 4.69) is 32.8 Å². The minimum absolute atomic E-state index is 0.345. The Balaban J connectivity index is 2.22. The molecule has 12 heavy (non-hydrogen) atoms. The van der Waals surface area contributed by atoms with Crippen molar-refractivity contribution in [2.24, 2.45) is 0 Å². The summed E-state index contributed by atoms with van der Waals surface area (Å²) in [6.45, 7) is 1.11. The monoisotopic (exact) mass is 181 g/mol. The highest BCUT2D eigenvalue weighted by atomic mass is 32.1. The van der Waals surface area contributed by atoms with Crippen molar-refractivity contribution in [2.45, 2.75) is 12.5 Å². The summed E-state index contributed by atoms with van der Waals surface area (Å²) < 4.78 is 8.23. The summed E-state index contributed by atoms with van der Waals surface area (Å²) >= 11 is 1.27. The third-order valence-electron chi connectivity index (χ3n) is 2.12. The van der Waals surface area contributed by atoms with Crippen LogP contribution in [0.25, 0.3) is 0 Å². The van der Waals surface area contributed by atoms with Crippen LogP contribution >= 0.6 is 11.7 Å². The Bertz CT molecular complexity index is 268. The van der Waals surface area contributed by atoms with Crippen molar-refractivity contribution in [2.75, 3.05) is 13.6 Å². The minimum Gasteiger partial charge on any atom is -0.294 e. The van der Waals surface area contributed by atoms with Crippen LogP contribution in [0.4, 0.5) is 0 Å². The summed E-state index contributed by atoms with van der Waals surface area (Å²) in [5, 5.41) is 0. The van der Waals surface area contributed by atoms with Crippen molar-refractivity contribution in [1.82, 2.24) is 13.6 Å². The first kappa shape index (κ1) is 7.89. The van der Waals surface area contributed by atoms with Gasteiger partial charge < -0.3 is 0 Å². The predicted octanol–water partition coefficient (Wildman–Crippen LogP) is 1.47. The van der Waals surface area contributed by atoms with Crippen molar-refractivity contribution >= 4 is 11.7 Å². The van der Waals surface area contributed by atoms with Gasteiger partial charge in [0.15, 0.2) is 0 Å². The van der Waals surface area contributed by atoms with Gasteiger partial charge >= 0.3 is 0 Å². The predicted molar refractivity (Wildman–Crippen MR) is 49.0 cm³/mol. The Morgan fingerprint density at radius 2 is 2.58 bits per heavy atom. The van der Waals surface area contributed by atoms with Crippen LogP contribution in [0.15, 0.2) is 18.3 Å². The zero-order valence-electron chi connectivity index (χ0n) is 6.97. The second-order valence-electron chi connectivity index (χ2n) is 2.97. The summed E-state index contributed by atoms with van der Waals surface area (Å²) in [6, 6.07) is 0.345. The van der Waals surface area contributed by atoms with E-state index in [0.29, 0.717) is 6.04 Å². The number of aromatic nitrogens is 2. The lowest BCUT2D eigenvalue weighted by molar-refractivity contribution is 0.276. The van der Waals surface area contributed by atoms with Gasteiger partial charge in [0.2, 0.25) is 0 Å². The molecule has 1 unspecified atom stereocenters. The topological polar surface area (TPSA) is 29.0 Å².